The van der Waals surface area contributed by atoms with Crippen molar-refractivity contribution in [2.75, 3.05) is 0 Å². The van der Waals surface area contributed by atoms with Crippen LogP contribution < -0.4 is 5.32 Å². The smallest absolute Gasteiger partial charge is 0.113 e. The van der Waals surface area contributed by atoms with Crippen LogP contribution in [0.2, 0.25) is 0 Å². The molecule has 118 valence electrons. The van der Waals surface area contributed by atoms with Crippen LogP contribution in [0.25, 0.3) is 0 Å². The number of fused-ring (bicyclic) bond motifs is 1. The minimum Gasteiger partial charge on any atom is -0.303 e. The number of hydrogen-bond donors (Lipinski definition) is 1. The Balaban J connectivity index is 1.88. The van der Waals surface area contributed by atoms with E-state index in [0.29, 0.717) is 6.04 Å². The van der Waals surface area contributed by atoms with E-state index in [4.69, 9.17) is 4.98 Å². The van der Waals surface area contributed by atoms with Crippen LogP contribution in [0.15, 0.2) is 0 Å². The van der Waals surface area contributed by atoms with Crippen molar-refractivity contribution in [2.24, 2.45) is 5.92 Å². The number of rotatable bonds is 4. The Morgan fingerprint density at radius 1 is 1.24 bits per heavy atom. The molecule has 0 spiro atoms. The first kappa shape index (κ1) is 15.5. The fraction of sp³-hybridized carbons (Fsp3) is 0.833. The Bertz CT molecular complexity index is 458. The van der Waals surface area contributed by atoms with Crippen LogP contribution in [0.5, 0.6) is 0 Å². The quantitative estimate of drug-likeness (QED) is 0.807. The van der Waals surface area contributed by atoms with E-state index in [2.05, 4.69) is 26.1 Å². The van der Waals surface area contributed by atoms with Crippen LogP contribution in [0.3, 0.4) is 0 Å². The molecule has 1 aromatic rings. The van der Waals surface area contributed by atoms with Crippen molar-refractivity contribution in [3.8, 4) is 0 Å². The van der Waals surface area contributed by atoms with E-state index < -0.39 is 0 Å². The highest BCUT2D eigenvalue weighted by Crippen LogP contribution is 2.42. The van der Waals surface area contributed by atoms with Crippen LogP contribution >= 0.6 is 11.3 Å². The van der Waals surface area contributed by atoms with Crippen molar-refractivity contribution in [1.29, 1.82) is 0 Å². The summed E-state index contributed by atoms with van der Waals surface area (Å²) >= 11 is 2.01. The molecular formula is C18H30N2S. The molecule has 1 fully saturated rings. The van der Waals surface area contributed by atoms with Gasteiger partial charge in [-0.15, -0.1) is 11.3 Å². The van der Waals surface area contributed by atoms with Crippen LogP contribution in [-0.4, -0.2) is 11.0 Å². The van der Waals surface area contributed by atoms with E-state index in [9.17, 15) is 0 Å². The highest BCUT2D eigenvalue weighted by atomic mass is 32.1. The third-order valence-electron chi connectivity index (χ3n) is 5.34. The molecule has 1 aromatic heterocycles. The summed E-state index contributed by atoms with van der Waals surface area (Å²) in [7, 11) is 0. The maximum atomic E-state index is 5.09. The third kappa shape index (κ3) is 3.19. The fourth-order valence-electron chi connectivity index (χ4n) is 4.19. The van der Waals surface area contributed by atoms with Gasteiger partial charge in [-0.3, -0.25) is 0 Å². The molecule has 0 aromatic carbocycles. The van der Waals surface area contributed by atoms with Gasteiger partial charge in [0.05, 0.1) is 11.2 Å². The van der Waals surface area contributed by atoms with Gasteiger partial charge >= 0.3 is 0 Å². The summed E-state index contributed by atoms with van der Waals surface area (Å²) in [5, 5.41) is 5.33. The van der Waals surface area contributed by atoms with Gasteiger partial charge < -0.3 is 5.32 Å². The first-order chi connectivity index (χ1) is 10.1. The molecule has 1 saturated carbocycles. The topological polar surface area (TPSA) is 24.9 Å². The number of hydrogen-bond acceptors (Lipinski definition) is 3. The average molecular weight is 307 g/mol. The van der Waals surface area contributed by atoms with Gasteiger partial charge in [0.15, 0.2) is 0 Å². The Hall–Kier alpha value is -0.410. The van der Waals surface area contributed by atoms with E-state index in [1.165, 1.54) is 68.5 Å². The number of thiazole rings is 1. The molecule has 0 radical (unpaired) electrons. The standard InChI is InChI=1S/C18H30N2S/c1-4-14-7-6-11-18(12-10-14,20-13(2)3)17-19-15-8-5-9-16(15)21-17/h13-14,20H,4-12H2,1-3H3. The molecule has 0 aliphatic heterocycles. The SMILES string of the molecule is CCC1CCCC(NC(C)C)(c2nc3c(s2)CCC3)CC1. The molecule has 0 bridgehead atoms. The summed E-state index contributed by atoms with van der Waals surface area (Å²) in [5.74, 6) is 0.924. The summed E-state index contributed by atoms with van der Waals surface area (Å²) in [4.78, 5) is 6.66. The molecule has 1 N–H and O–H groups in total. The summed E-state index contributed by atoms with van der Waals surface area (Å²) in [6, 6.07) is 0.530. The molecule has 0 saturated heterocycles. The lowest BCUT2D eigenvalue weighted by atomic mass is 9.89. The second-order valence-corrected chi connectivity index (χ2v) is 8.41. The molecule has 3 heteroatoms. The van der Waals surface area contributed by atoms with Crippen molar-refractivity contribution in [2.45, 2.75) is 90.1 Å². The molecule has 0 amide bonds. The summed E-state index contributed by atoms with van der Waals surface area (Å²) in [5.41, 5.74) is 1.57. The zero-order chi connectivity index (χ0) is 14.9. The Labute approximate surface area is 133 Å². The normalized spacial score (nSPS) is 29.6. The maximum Gasteiger partial charge on any atom is 0.113 e. The molecule has 1 heterocycles. The minimum absolute atomic E-state index is 0.160. The summed E-state index contributed by atoms with van der Waals surface area (Å²) < 4.78 is 0. The summed E-state index contributed by atoms with van der Waals surface area (Å²) in [6.45, 7) is 6.92. The largest absolute Gasteiger partial charge is 0.303 e. The Morgan fingerprint density at radius 2 is 2.10 bits per heavy atom. The monoisotopic (exact) mass is 306 g/mol. The highest BCUT2D eigenvalue weighted by molar-refractivity contribution is 7.12. The fourth-order valence-corrected chi connectivity index (χ4v) is 5.55. The van der Waals surface area contributed by atoms with Crippen LogP contribution in [-0.2, 0) is 18.4 Å². The van der Waals surface area contributed by atoms with Crippen LogP contribution in [0.1, 0.15) is 81.3 Å². The van der Waals surface area contributed by atoms with Gasteiger partial charge in [-0.1, -0.05) is 26.2 Å². The van der Waals surface area contributed by atoms with Gasteiger partial charge in [-0.2, -0.15) is 0 Å². The molecule has 2 aliphatic carbocycles. The van der Waals surface area contributed by atoms with Gasteiger partial charge in [0.2, 0.25) is 0 Å². The van der Waals surface area contributed by atoms with E-state index >= 15 is 0 Å². The predicted molar refractivity (Wildman–Crippen MR) is 91.0 cm³/mol. The highest BCUT2D eigenvalue weighted by Gasteiger charge is 2.38. The maximum absolute atomic E-state index is 5.09. The van der Waals surface area contributed by atoms with Crippen molar-refractivity contribution in [1.82, 2.24) is 10.3 Å². The average Bonchev–Trinajstić information content (AvgIpc) is 2.97. The van der Waals surface area contributed by atoms with Gasteiger partial charge in [-0.25, -0.2) is 4.98 Å². The first-order valence-electron chi connectivity index (χ1n) is 8.89. The van der Waals surface area contributed by atoms with Crippen LogP contribution in [0.4, 0.5) is 0 Å². The molecule has 2 atom stereocenters. The van der Waals surface area contributed by atoms with E-state index in [1.807, 2.05) is 11.3 Å². The van der Waals surface area contributed by atoms with Crippen LogP contribution in [0, 0.1) is 5.92 Å². The second kappa shape index (κ2) is 6.37. The Morgan fingerprint density at radius 3 is 2.81 bits per heavy atom. The molecule has 3 rings (SSSR count). The number of aromatic nitrogens is 1. The molecule has 21 heavy (non-hydrogen) atoms. The lowest BCUT2D eigenvalue weighted by molar-refractivity contribution is 0.261. The number of aryl methyl sites for hydroxylation is 2. The zero-order valence-electron chi connectivity index (χ0n) is 13.9. The Kier molecular flexibility index (Phi) is 4.70. The lowest BCUT2D eigenvalue weighted by Crippen LogP contribution is -2.45. The van der Waals surface area contributed by atoms with Gasteiger partial charge in [0.25, 0.3) is 0 Å². The second-order valence-electron chi connectivity index (χ2n) is 7.33. The van der Waals surface area contributed by atoms with Crippen molar-refractivity contribution in [3.05, 3.63) is 15.6 Å². The molecule has 2 nitrogen and oxygen atoms in total. The number of nitrogens with one attached hydrogen (secondary N) is 1. The molecule has 2 unspecified atom stereocenters. The van der Waals surface area contributed by atoms with E-state index in [-0.39, 0.29) is 5.54 Å². The first-order valence-corrected chi connectivity index (χ1v) is 9.71. The van der Waals surface area contributed by atoms with Crippen molar-refractivity contribution in [3.63, 3.8) is 0 Å². The summed E-state index contributed by atoms with van der Waals surface area (Å²) in [6.07, 6.45) is 11.8. The predicted octanol–water partition coefficient (Wildman–Crippen LogP) is 4.82. The van der Waals surface area contributed by atoms with Gasteiger partial charge in [-0.05, 0) is 58.3 Å². The van der Waals surface area contributed by atoms with Crippen molar-refractivity contribution < 1.29 is 0 Å². The van der Waals surface area contributed by atoms with Gasteiger partial charge in [0.1, 0.15) is 5.01 Å². The zero-order valence-corrected chi connectivity index (χ0v) is 14.7. The molecule has 2 aliphatic rings. The van der Waals surface area contributed by atoms with Gasteiger partial charge in [0, 0.05) is 10.9 Å². The van der Waals surface area contributed by atoms with Crippen molar-refractivity contribution >= 4 is 11.3 Å². The van der Waals surface area contributed by atoms with E-state index in [0.717, 1.165) is 5.92 Å². The number of nitrogens with zero attached hydrogens (tertiary/aromatic N) is 1. The van der Waals surface area contributed by atoms with E-state index in [1.54, 1.807) is 4.88 Å². The third-order valence-corrected chi connectivity index (χ3v) is 6.70. The molecular weight excluding hydrogens is 276 g/mol. The minimum atomic E-state index is 0.160. The lowest BCUT2D eigenvalue weighted by Gasteiger charge is -2.34.